The molecule has 0 fully saturated rings. The second-order valence-corrected chi connectivity index (χ2v) is 6.85. The lowest BCUT2D eigenvalue weighted by Gasteiger charge is -2.16. The lowest BCUT2D eigenvalue weighted by Crippen LogP contribution is -2.10. The van der Waals surface area contributed by atoms with Crippen molar-refractivity contribution < 1.29 is 14.6 Å². The SMILES string of the molecule is CCCCCCOc1cc(NCOc2ccc(Cl)cc2)c(O)c(Cl)c1C. The Hall–Kier alpha value is -1.78. The second-order valence-electron chi connectivity index (χ2n) is 6.04. The average molecular weight is 398 g/mol. The van der Waals surface area contributed by atoms with Crippen molar-refractivity contribution >= 4 is 28.9 Å². The van der Waals surface area contributed by atoms with Crippen LogP contribution in [0.4, 0.5) is 5.69 Å². The molecule has 2 rings (SSSR count). The fraction of sp³-hybridized carbons (Fsp3) is 0.400. The zero-order chi connectivity index (χ0) is 18.9. The van der Waals surface area contributed by atoms with E-state index in [2.05, 4.69) is 12.2 Å². The van der Waals surface area contributed by atoms with E-state index in [-0.39, 0.29) is 17.5 Å². The minimum Gasteiger partial charge on any atom is -0.504 e. The van der Waals surface area contributed by atoms with Gasteiger partial charge in [-0.1, -0.05) is 49.4 Å². The number of halogens is 2. The van der Waals surface area contributed by atoms with Gasteiger partial charge < -0.3 is 19.9 Å². The lowest BCUT2D eigenvalue weighted by molar-refractivity contribution is 0.302. The topological polar surface area (TPSA) is 50.7 Å². The molecule has 0 aliphatic heterocycles. The quantitative estimate of drug-likeness (QED) is 0.276. The minimum atomic E-state index is -0.0118. The van der Waals surface area contributed by atoms with Crippen LogP contribution in [0.3, 0.4) is 0 Å². The molecule has 6 heteroatoms. The largest absolute Gasteiger partial charge is 0.504 e. The van der Waals surface area contributed by atoms with Crippen molar-refractivity contribution in [2.45, 2.75) is 39.5 Å². The van der Waals surface area contributed by atoms with E-state index in [1.54, 1.807) is 30.3 Å². The van der Waals surface area contributed by atoms with Crippen LogP contribution in [0.1, 0.15) is 38.2 Å². The molecule has 0 saturated heterocycles. The predicted molar refractivity (Wildman–Crippen MR) is 108 cm³/mol. The maximum atomic E-state index is 10.3. The fourth-order valence-electron chi connectivity index (χ4n) is 2.44. The zero-order valence-corrected chi connectivity index (χ0v) is 16.7. The average Bonchev–Trinajstić information content (AvgIpc) is 2.64. The molecule has 0 unspecified atom stereocenters. The van der Waals surface area contributed by atoms with Crippen molar-refractivity contribution in [3.63, 3.8) is 0 Å². The summed E-state index contributed by atoms with van der Waals surface area (Å²) in [7, 11) is 0. The number of rotatable bonds is 10. The van der Waals surface area contributed by atoms with Crippen molar-refractivity contribution in [3.05, 3.63) is 45.9 Å². The van der Waals surface area contributed by atoms with E-state index >= 15 is 0 Å². The highest BCUT2D eigenvalue weighted by Gasteiger charge is 2.14. The summed E-state index contributed by atoms with van der Waals surface area (Å²) in [5.41, 5.74) is 1.20. The summed E-state index contributed by atoms with van der Waals surface area (Å²) in [5.74, 6) is 1.33. The third-order valence-corrected chi connectivity index (χ3v) is 4.72. The second kappa shape index (κ2) is 10.4. The molecule has 0 amide bonds. The summed E-state index contributed by atoms with van der Waals surface area (Å²) in [5, 5.41) is 14.2. The first kappa shape index (κ1) is 20.5. The smallest absolute Gasteiger partial charge is 0.159 e. The minimum absolute atomic E-state index is 0.0118. The predicted octanol–water partition coefficient (Wildman–Crippen LogP) is 6.41. The van der Waals surface area contributed by atoms with Crippen LogP contribution in [-0.4, -0.2) is 18.4 Å². The Morgan fingerprint density at radius 1 is 1.04 bits per heavy atom. The molecule has 0 aromatic heterocycles. The van der Waals surface area contributed by atoms with Crippen LogP contribution in [0.15, 0.2) is 30.3 Å². The number of phenols is 1. The number of nitrogens with one attached hydrogen (secondary N) is 1. The Bertz CT molecular complexity index is 705. The summed E-state index contributed by atoms with van der Waals surface area (Å²) < 4.78 is 11.4. The highest BCUT2D eigenvalue weighted by atomic mass is 35.5. The highest BCUT2D eigenvalue weighted by Crippen LogP contribution is 2.40. The van der Waals surface area contributed by atoms with Gasteiger partial charge in [-0.2, -0.15) is 0 Å². The summed E-state index contributed by atoms with van der Waals surface area (Å²) in [4.78, 5) is 0. The van der Waals surface area contributed by atoms with Crippen LogP contribution < -0.4 is 14.8 Å². The molecule has 142 valence electrons. The Labute approximate surface area is 165 Å². The molecular weight excluding hydrogens is 373 g/mol. The molecule has 0 radical (unpaired) electrons. The number of phenolic OH excluding ortho intramolecular Hbond substituents is 1. The summed E-state index contributed by atoms with van der Waals surface area (Å²) in [6.45, 7) is 4.80. The van der Waals surface area contributed by atoms with Crippen molar-refractivity contribution in [2.24, 2.45) is 0 Å². The van der Waals surface area contributed by atoms with Gasteiger partial charge in [0.25, 0.3) is 0 Å². The van der Waals surface area contributed by atoms with Gasteiger partial charge in [-0.15, -0.1) is 0 Å². The molecule has 0 spiro atoms. The molecule has 0 bridgehead atoms. The van der Waals surface area contributed by atoms with E-state index in [0.717, 1.165) is 18.4 Å². The highest BCUT2D eigenvalue weighted by molar-refractivity contribution is 6.33. The zero-order valence-electron chi connectivity index (χ0n) is 15.1. The van der Waals surface area contributed by atoms with Crippen molar-refractivity contribution in [1.29, 1.82) is 0 Å². The van der Waals surface area contributed by atoms with Gasteiger partial charge in [0.2, 0.25) is 0 Å². The Morgan fingerprint density at radius 2 is 1.77 bits per heavy atom. The molecular formula is C20H25Cl2NO3. The van der Waals surface area contributed by atoms with Crippen molar-refractivity contribution in [2.75, 3.05) is 18.7 Å². The van der Waals surface area contributed by atoms with Gasteiger partial charge in [0.05, 0.1) is 17.3 Å². The summed E-state index contributed by atoms with van der Waals surface area (Å²) in [6.07, 6.45) is 4.52. The molecule has 4 nitrogen and oxygen atoms in total. The lowest BCUT2D eigenvalue weighted by atomic mass is 10.1. The number of aromatic hydroxyl groups is 1. The van der Waals surface area contributed by atoms with Crippen LogP contribution >= 0.6 is 23.2 Å². The first-order valence-corrected chi connectivity index (χ1v) is 9.55. The van der Waals surface area contributed by atoms with E-state index in [0.29, 0.717) is 28.8 Å². The summed E-state index contributed by atoms with van der Waals surface area (Å²) in [6, 6.07) is 8.80. The standard InChI is InChI=1S/C20H25Cl2NO3/c1-3-4-5-6-11-25-18-12-17(20(24)19(22)14(18)2)23-13-26-16-9-7-15(21)8-10-16/h7-10,12,23-24H,3-6,11,13H2,1-2H3. The number of benzene rings is 2. The summed E-state index contributed by atoms with van der Waals surface area (Å²) >= 11 is 12.1. The van der Waals surface area contributed by atoms with Crippen LogP contribution in [0.2, 0.25) is 10.0 Å². The maximum Gasteiger partial charge on any atom is 0.159 e. The molecule has 26 heavy (non-hydrogen) atoms. The van der Waals surface area contributed by atoms with Crippen molar-refractivity contribution in [1.82, 2.24) is 0 Å². The molecule has 0 heterocycles. The van der Waals surface area contributed by atoms with Gasteiger partial charge >= 0.3 is 0 Å². The normalized spacial score (nSPS) is 10.6. The van der Waals surface area contributed by atoms with Gasteiger partial charge in [0.1, 0.15) is 11.5 Å². The number of hydrogen-bond donors (Lipinski definition) is 2. The first-order chi connectivity index (χ1) is 12.5. The molecule has 0 atom stereocenters. The molecule has 2 aromatic rings. The monoisotopic (exact) mass is 397 g/mol. The first-order valence-electron chi connectivity index (χ1n) is 8.80. The van der Waals surface area contributed by atoms with Gasteiger partial charge in [0, 0.05) is 16.7 Å². The molecule has 0 aliphatic rings. The molecule has 0 saturated carbocycles. The van der Waals surface area contributed by atoms with E-state index < -0.39 is 0 Å². The van der Waals surface area contributed by atoms with E-state index in [4.69, 9.17) is 32.7 Å². The van der Waals surface area contributed by atoms with Crippen molar-refractivity contribution in [3.8, 4) is 17.2 Å². The number of hydrogen-bond acceptors (Lipinski definition) is 4. The number of anilines is 1. The number of ether oxygens (including phenoxy) is 2. The molecule has 2 aromatic carbocycles. The maximum absolute atomic E-state index is 10.3. The molecule has 2 N–H and O–H groups in total. The van der Waals surface area contributed by atoms with E-state index in [1.807, 2.05) is 6.92 Å². The van der Waals surface area contributed by atoms with Gasteiger partial charge in [-0.25, -0.2) is 0 Å². The Kier molecular flexibility index (Phi) is 8.20. The van der Waals surface area contributed by atoms with Crippen LogP contribution in [0.25, 0.3) is 0 Å². The fourth-order valence-corrected chi connectivity index (χ4v) is 2.76. The van der Waals surface area contributed by atoms with Gasteiger partial charge in [0.15, 0.2) is 12.5 Å². The third-order valence-electron chi connectivity index (χ3n) is 4.01. The third kappa shape index (κ3) is 5.89. The molecule has 0 aliphatic carbocycles. The van der Waals surface area contributed by atoms with E-state index in [1.165, 1.54) is 12.8 Å². The van der Waals surface area contributed by atoms with Gasteiger partial charge in [-0.3, -0.25) is 0 Å². The van der Waals surface area contributed by atoms with E-state index in [9.17, 15) is 5.11 Å². The Balaban J connectivity index is 1.97. The van der Waals surface area contributed by atoms with Gasteiger partial charge in [-0.05, 0) is 37.6 Å². The van der Waals surface area contributed by atoms with Crippen LogP contribution in [0, 0.1) is 6.92 Å². The van der Waals surface area contributed by atoms with Crippen LogP contribution in [-0.2, 0) is 0 Å². The van der Waals surface area contributed by atoms with Crippen LogP contribution in [0.5, 0.6) is 17.2 Å². The Morgan fingerprint density at radius 3 is 2.46 bits per heavy atom. The number of unbranched alkanes of at least 4 members (excludes halogenated alkanes) is 3.